The normalized spacial score (nSPS) is 10.6. The Balaban J connectivity index is 1.78. The van der Waals surface area contributed by atoms with Gasteiger partial charge in [-0.15, -0.1) is 0 Å². The number of rotatable bonds is 4. The topological polar surface area (TPSA) is 46.9 Å². The Morgan fingerprint density at radius 2 is 1.92 bits per heavy atom. The molecule has 2 aromatic carbocycles. The van der Waals surface area contributed by atoms with Gasteiger partial charge in [0.25, 0.3) is 5.91 Å². The molecule has 0 fully saturated rings. The number of benzene rings is 2. The molecule has 1 aromatic heterocycles. The molecule has 0 aliphatic rings. The van der Waals surface area contributed by atoms with E-state index in [4.69, 9.17) is 11.6 Å². The first kappa shape index (κ1) is 16.2. The van der Waals surface area contributed by atoms with Crippen molar-refractivity contribution < 1.29 is 9.18 Å². The van der Waals surface area contributed by atoms with Gasteiger partial charge in [0.15, 0.2) is 5.82 Å². The highest BCUT2D eigenvalue weighted by Crippen LogP contribution is 2.18. The molecule has 3 rings (SSSR count). The van der Waals surface area contributed by atoms with Crippen molar-refractivity contribution in [2.45, 2.75) is 13.5 Å². The number of hydrogen-bond donors (Lipinski definition) is 1. The summed E-state index contributed by atoms with van der Waals surface area (Å²) in [4.78, 5) is 12.3. The highest BCUT2D eigenvalue weighted by Gasteiger charge is 2.13. The second-order valence-corrected chi connectivity index (χ2v) is 5.76. The van der Waals surface area contributed by atoms with E-state index in [1.807, 2.05) is 6.92 Å². The van der Waals surface area contributed by atoms with Crippen molar-refractivity contribution in [1.29, 1.82) is 0 Å². The van der Waals surface area contributed by atoms with Crippen LogP contribution < -0.4 is 5.32 Å². The van der Waals surface area contributed by atoms with Crippen molar-refractivity contribution in [3.63, 3.8) is 0 Å². The van der Waals surface area contributed by atoms with Gasteiger partial charge < -0.3 is 5.32 Å². The van der Waals surface area contributed by atoms with E-state index in [2.05, 4.69) is 10.4 Å². The smallest absolute Gasteiger partial charge is 0.258 e. The predicted molar refractivity (Wildman–Crippen MR) is 91.9 cm³/mol. The van der Waals surface area contributed by atoms with Gasteiger partial charge in [0.05, 0.1) is 17.1 Å². The number of aromatic nitrogens is 2. The van der Waals surface area contributed by atoms with Gasteiger partial charge in [-0.2, -0.15) is 5.10 Å². The largest absolute Gasteiger partial charge is 0.305 e. The Bertz CT molecular complexity index is 891. The second kappa shape index (κ2) is 6.84. The van der Waals surface area contributed by atoms with Crippen LogP contribution in [-0.4, -0.2) is 15.7 Å². The van der Waals surface area contributed by atoms with Crippen LogP contribution in [0.2, 0.25) is 5.02 Å². The fourth-order valence-electron chi connectivity index (χ4n) is 2.35. The van der Waals surface area contributed by atoms with E-state index in [1.165, 1.54) is 6.07 Å². The fourth-order valence-corrected chi connectivity index (χ4v) is 2.57. The lowest BCUT2D eigenvalue weighted by atomic mass is 10.2. The lowest BCUT2D eigenvalue weighted by molar-refractivity contribution is 0.102. The molecule has 3 aromatic rings. The molecule has 0 aliphatic carbocycles. The molecule has 0 spiro atoms. The lowest BCUT2D eigenvalue weighted by Gasteiger charge is -2.06. The van der Waals surface area contributed by atoms with E-state index in [9.17, 15) is 9.18 Å². The van der Waals surface area contributed by atoms with Crippen molar-refractivity contribution in [2.24, 2.45) is 0 Å². The first-order chi connectivity index (χ1) is 11.5. The van der Waals surface area contributed by atoms with Crippen LogP contribution in [0.4, 0.5) is 10.2 Å². The van der Waals surface area contributed by atoms with Crippen LogP contribution in [0.25, 0.3) is 0 Å². The maximum atomic E-state index is 13.8. The highest BCUT2D eigenvalue weighted by molar-refractivity contribution is 6.34. The third-order valence-corrected chi connectivity index (χ3v) is 3.95. The monoisotopic (exact) mass is 343 g/mol. The minimum Gasteiger partial charge on any atom is -0.305 e. The van der Waals surface area contributed by atoms with Gasteiger partial charge in [0, 0.05) is 17.3 Å². The van der Waals surface area contributed by atoms with Gasteiger partial charge in [-0.3, -0.25) is 9.48 Å². The molecule has 0 radical (unpaired) electrons. The quantitative estimate of drug-likeness (QED) is 0.768. The average molecular weight is 344 g/mol. The predicted octanol–water partition coefficient (Wildman–Crippen LogP) is 4.28. The number of carbonyl (C=O) groups excluding carboxylic acids is 1. The van der Waals surface area contributed by atoms with Crippen molar-refractivity contribution in [2.75, 3.05) is 5.32 Å². The molecule has 0 saturated heterocycles. The number of carbonyl (C=O) groups is 1. The van der Waals surface area contributed by atoms with E-state index in [0.717, 1.165) is 5.69 Å². The SMILES string of the molecule is Cc1cc(NC(=O)c2ccccc2Cl)nn1Cc1ccccc1F. The van der Waals surface area contributed by atoms with E-state index in [-0.39, 0.29) is 11.7 Å². The molecule has 0 aliphatic heterocycles. The van der Waals surface area contributed by atoms with Gasteiger partial charge >= 0.3 is 0 Å². The minimum absolute atomic E-state index is 0.283. The van der Waals surface area contributed by atoms with Gasteiger partial charge in [0.2, 0.25) is 0 Å². The number of amides is 1. The van der Waals surface area contributed by atoms with Crippen molar-refractivity contribution >= 4 is 23.3 Å². The summed E-state index contributed by atoms with van der Waals surface area (Å²) < 4.78 is 15.4. The van der Waals surface area contributed by atoms with Gasteiger partial charge in [-0.25, -0.2) is 4.39 Å². The number of aryl methyl sites for hydroxylation is 1. The van der Waals surface area contributed by atoms with Gasteiger partial charge in [-0.05, 0) is 25.1 Å². The van der Waals surface area contributed by atoms with Crippen molar-refractivity contribution in [3.05, 3.63) is 82.3 Å². The number of anilines is 1. The molecular weight excluding hydrogens is 329 g/mol. The van der Waals surface area contributed by atoms with E-state index < -0.39 is 0 Å². The third-order valence-electron chi connectivity index (χ3n) is 3.62. The maximum absolute atomic E-state index is 13.8. The average Bonchev–Trinajstić information content (AvgIpc) is 2.89. The van der Waals surface area contributed by atoms with Crippen molar-refractivity contribution in [1.82, 2.24) is 9.78 Å². The number of halogens is 2. The summed E-state index contributed by atoms with van der Waals surface area (Å²) in [5, 5.41) is 7.40. The summed E-state index contributed by atoms with van der Waals surface area (Å²) in [7, 11) is 0. The Labute approximate surface area is 143 Å². The summed E-state index contributed by atoms with van der Waals surface area (Å²) in [5.74, 6) is -0.223. The molecule has 1 heterocycles. The van der Waals surface area contributed by atoms with Crippen LogP contribution >= 0.6 is 11.6 Å². The summed E-state index contributed by atoms with van der Waals surface area (Å²) in [6.45, 7) is 2.14. The first-order valence-electron chi connectivity index (χ1n) is 7.38. The Hall–Kier alpha value is -2.66. The number of hydrogen-bond acceptors (Lipinski definition) is 2. The zero-order valence-electron chi connectivity index (χ0n) is 13.0. The van der Waals surface area contributed by atoms with E-state index in [0.29, 0.717) is 28.5 Å². The van der Waals surface area contributed by atoms with Crippen LogP contribution in [-0.2, 0) is 6.54 Å². The molecule has 4 nitrogen and oxygen atoms in total. The lowest BCUT2D eigenvalue weighted by Crippen LogP contribution is -2.13. The molecular formula is C18H15ClFN3O. The molecule has 0 atom stereocenters. The zero-order valence-corrected chi connectivity index (χ0v) is 13.7. The molecule has 0 bridgehead atoms. The molecule has 122 valence electrons. The molecule has 1 N–H and O–H groups in total. The van der Waals surface area contributed by atoms with Crippen LogP contribution in [0.3, 0.4) is 0 Å². The molecule has 0 saturated carbocycles. The van der Waals surface area contributed by atoms with Crippen LogP contribution in [0, 0.1) is 12.7 Å². The van der Waals surface area contributed by atoms with Gasteiger partial charge in [-0.1, -0.05) is 41.9 Å². The van der Waals surface area contributed by atoms with E-state index in [1.54, 1.807) is 53.2 Å². The Morgan fingerprint density at radius 3 is 2.67 bits per heavy atom. The highest BCUT2D eigenvalue weighted by atomic mass is 35.5. The maximum Gasteiger partial charge on any atom is 0.258 e. The number of nitrogens with one attached hydrogen (secondary N) is 1. The van der Waals surface area contributed by atoms with Crippen LogP contribution in [0.15, 0.2) is 54.6 Å². The van der Waals surface area contributed by atoms with Crippen molar-refractivity contribution in [3.8, 4) is 0 Å². The minimum atomic E-state index is -0.337. The summed E-state index contributed by atoms with van der Waals surface area (Å²) >= 11 is 6.02. The fraction of sp³-hybridized carbons (Fsp3) is 0.111. The number of nitrogens with zero attached hydrogens (tertiary/aromatic N) is 2. The third kappa shape index (κ3) is 3.46. The summed E-state index contributed by atoms with van der Waals surface area (Å²) in [6, 6.07) is 15.1. The standard InChI is InChI=1S/C18H15ClFN3O/c1-12-10-17(21-18(24)14-7-3-4-8-15(14)19)22-23(12)11-13-6-2-5-9-16(13)20/h2-10H,11H2,1H3,(H,21,22,24). The first-order valence-corrected chi connectivity index (χ1v) is 7.76. The Morgan fingerprint density at radius 1 is 1.21 bits per heavy atom. The second-order valence-electron chi connectivity index (χ2n) is 5.35. The summed E-state index contributed by atoms with van der Waals surface area (Å²) in [5.41, 5.74) is 1.72. The molecule has 1 amide bonds. The molecule has 6 heteroatoms. The van der Waals surface area contributed by atoms with Crippen LogP contribution in [0.1, 0.15) is 21.6 Å². The summed E-state index contributed by atoms with van der Waals surface area (Å²) in [6.07, 6.45) is 0. The van der Waals surface area contributed by atoms with E-state index >= 15 is 0 Å². The zero-order chi connectivity index (χ0) is 17.1. The Kier molecular flexibility index (Phi) is 4.62. The van der Waals surface area contributed by atoms with Crippen LogP contribution in [0.5, 0.6) is 0 Å². The molecule has 0 unspecified atom stereocenters. The molecule has 24 heavy (non-hydrogen) atoms. The van der Waals surface area contributed by atoms with Gasteiger partial charge in [0.1, 0.15) is 5.82 Å².